The van der Waals surface area contributed by atoms with Crippen molar-refractivity contribution in [2.45, 2.75) is 12.2 Å². The number of fused-ring (bicyclic) bond motifs is 1. The normalized spacial score (nSPS) is 14.2. The summed E-state index contributed by atoms with van der Waals surface area (Å²) in [4.78, 5) is 34.3. The average Bonchev–Trinajstić information content (AvgIpc) is 3.35. The summed E-state index contributed by atoms with van der Waals surface area (Å²) in [5.74, 6) is 0.989. The molecule has 1 N–H and O–H groups in total. The lowest BCUT2D eigenvalue weighted by Crippen LogP contribution is -2.47. The number of carbonyl (C=O) groups is 1. The van der Waals surface area contributed by atoms with E-state index in [-0.39, 0.29) is 23.1 Å². The topological polar surface area (TPSA) is 125 Å². The summed E-state index contributed by atoms with van der Waals surface area (Å²) >= 11 is 0. The van der Waals surface area contributed by atoms with E-state index >= 15 is 0 Å². The van der Waals surface area contributed by atoms with E-state index in [1.165, 1.54) is 23.3 Å². The van der Waals surface area contributed by atoms with Crippen LogP contribution in [-0.2, 0) is 5.24 Å². The molecular weight excluding hydrogens is 491 g/mol. The number of aromatic nitrogens is 5. The van der Waals surface area contributed by atoms with Gasteiger partial charge in [0.25, 0.3) is 5.91 Å². The van der Waals surface area contributed by atoms with Crippen LogP contribution in [0.2, 0.25) is 0 Å². The van der Waals surface area contributed by atoms with Crippen LogP contribution in [0.1, 0.15) is 21.6 Å². The lowest BCUT2D eigenvalue weighted by Gasteiger charge is -2.32. The summed E-state index contributed by atoms with van der Waals surface area (Å²) in [5.41, 5.74) is 2.64. The third kappa shape index (κ3) is 5.58. The highest BCUT2D eigenvalue weighted by Gasteiger charge is 2.22. The fourth-order valence-electron chi connectivity index (χ4n) is 4.15. The van der Waals surface area contributed by atoms with Crippen molar-refractivity contribution in [1.82, 2.24) is 34.3 Å². The molecule has 188 valence electrons. The summed E-state index contributed by atoms with van der Waals surface area (Å²) < 4.78 is 7.31. The first-order valence-electron chi connectivity index (χ1n) is 12.1. The van der Waals surface area contributed by atoms with E-state index in [1.807, 2.05) is 18.0 Å². The van der Waals surface area contributed by atoms with Gasteiger partial charge < -0.3 is 24.4 Å². The van der Waals surface area contributed by atoms with Crippen molar-refractivity contribution in [3.8, 4) is 17.7 Å². The lowest BCUT2D eigenvalue weighted by atomic mass is 9.49. The minimum Gasteiger partial charge on any atom is -0.437 e. The van der Waals surface area contributed by atoms with Gasteiger partial charge in [0.2, 0.25) is 5.88 Å². The summed E-state index contributed by atoms with van der Waals surface area (Å²) in [7, 11) is 19.8. The minimum atomic E-state index is -1.77. The van der Waals surface area contributed by atoms with E-state index in [4.69, 9.17) is 33.5 Å². The molecule has 1 amide bonds. The molecule has 0 saturated carbocycles. The van der Waals surface area contributed by atoms with E-state index in [0.29, 0.717) is 47.0 Å². The Balaban J connectivity index is 1.45. The number of nitrogens with one attached hydrogen (secondary N) is 1. The van der Waals surface area contributed by atoms with E-state index in [9.17, 15) is 4.79 Å². The molecule has 4 aromatic rings. The highest BCUT2D eigenvalue weighted by Crippen LogP contribution is 2.32. The van der Waals surface area contributed by atoms with Gasteiger partial charge in [-0.05, 0) is 37.7 Å². The SMILES string of the molecule is [B]C([B])([B])n1cnc2c(Nc3ccc(C(=O)N4CCN(C)CC4)cn3)cc(Oc3cnc(C#N)cc3C)nc21. The number of likely N-dealkylation sites (N-methyl/N-ethyl adjacent to an activating group) is 1. The van der Waals surface area contributed by atoms with Crippen LogP contribution in [0.3, 0.4) is 0 Å². The zero-order chi connectivity index (χ0) is 27.7. The monoisotopic (exact) mass is 513 g/mol. The fourth-order valence-corrected chi connectivity index (χ4v) is 4.15. The molecule has 39 heavy (non-hydrogen) atoms. The average molecular weight is 513 g/mol. The van der Waals surface area contributed by atoms with Crippen LogP contribution in [0.25, 0.3) is 11.2 Å². The number of anilines is 2. The van der Waals surface area contributed by atoms with Gasteiger partial charge in [-0.15, -0.1) is 0 Å². The van der Waals surface area contributed by atoms with Crippen LogP contribution in [0, 0.1) is 18.3 Å². The maximum atomic E-state index is 12.9. The van der Waals surface area contributed by atoms with Crippen molar-refractivity contribution in [2.24, 2.45) is 0 Å². The Labute approximate surface area is 229 Å². The zero-order valence-electron chi connectivity index (χ0n) is 21.5. The number of imidazole rings is 1. The van der Waals surface area contributed by atoms with Gasteiger partial charge >= 0.3 is 0 Å². The van der Waals surface area contributed by atoms with Crippen LogP contribution in [0.5, 0.6) is 11.6 Å². The Hall–Kier alpha value is -4.37. The summed E-state index contributed by atoms with van der Waals surface area (Å²) in [6.45, 7) is 4.81. The van der Waals surface area contributed by atoms with Gasteiger partial charge in [0, 0.05) is 38.4 Å². The van der Waals surface area contributed by atoms with Gasteiger partial charge in [0.15, 0.2) is 11.4 Å². The number of hydrogen-bond donors (Lipinski definition) is 1. The van der Waals surface area contributed by atoms with Gasteiger partial charge in [0.05, 0.1) is 47.3 Å². The van der Waals surface area contributed by atoms with Crippen molar-refractivity contribution in [2.75, 3.05) is 38.5 Å². The Morgan fingerprint density at radius 3 is 2.51 bits per heavy atom. The molecule has 1 aliphatic rings. The first-order chi connectivity index (χ1) is 18.6. The van der Waals surface area contributed by atoms with E-state index < -0.39 is 5.24 Å². The molecule has 1 fully saturated rings. The van der Waals surface area contributed by atoms with Crippen LogP contribution >= 0.6 is 0 Å². The second-order valence-electron chi connectivity index (χ2n) is 9.38. The summed E-state index contributed by atoms with van der Waals surface area (Å²) in [5, 5.41) is 10.5. The first kappa shape index (κ1) is 26.3. The predicted molar refractivity (Wildman–Crippen MR) is 147 cm³/mol. The third-order valence-corrected chi connectivity index (χ3v) is 6.35. The molecule has 1 saturated heterocycles. The fraction of sp³-hybridized carbons (Fsp3) is 0.280. The van der Waals surface area contributed by atoms with Gasteiger partial charge in [-0.2, -0.15) is 10.2 Å². The van der Waals surface area contributed by atoms with Crippen LogP contribution in [0.4, 0.5) is 11.5 Å². The van der Waals surface area contributed by atoms with Crippen molar-refractivity contribution < 1.29 is 9.53 Å². The quantitative estimate of drug-likeness (QED) is 0.381. The minimum absolute atomic E-state index is 0.0561. The van der Waals surface area contributed by atoms with Crippen LogP contribution in [0.15, 0.2) is 43.0 Å². The summed E-state index contributed by atoms with van der Waals surface area (Å²) in [6.07, 6.45) is 4.36. The van der Waals surface area contributed by atoms with Crippen LogP contribution < -0.4 is 10.1 Å². The highest BCUT2D eigenvalue weighted by molar-refractivity contribution is 6.56. The molecule has 6 radical (unpaired) electrons. The lowest BCUT2D eigenvalue weighted by molar-refractivity contribution is 0.0663. The number of rotatable bonds is 6. The molecule has 0 aromatic carbocycles. The van der Waals surface area contributed by atoms with Gasteiger partial charge in [-0.25, -0.2) is 15.0 Å². The highest BCUT2D eigenvalue weighted by atomic mass is 16.5. The number of nitriles is 1. The number of piperazine rings is 1. The van der Waals surface area contributed by atoms with Crippen molar-refractivity contribution in [3.05, 3.63) is 59.8 Å². The Morgan fingerprint density at radius 1 is 1.10 bits per heavy atom. The maximum Gasteiger partial charge on any atom is 0.255 e. The standard InChI is InChI=1S/C25H22B3N9O2/c1-15-9-17(11-29)30-13-19(15)39-21-10-18(22-23(34-21)37(14-32-22)25(26,27)28)33-20-4-3-16(12-31-20)24(38)36-7-5-35(2)6-8-36/h3-4,9-10,12-14H,5-8H2,1-2H3,(H,31,33,34). The molecule has 1 aliphatic heterocycles. The van der Waals surface area contributed by atoms with Crippen molar-refractivity contribution >= 4 is 52.1 Å². The zero-order valence-corrected chi connectivity index (χ0v) is 21.5. The number of aryl methyl sites for hydroxylation is 1. The number of hydrogen-bond acceptors (Lipinski definition) is 9. The second kappa shape index (κ2) is 10.4. The van der Waals surface area contributed by atoms with Gasteiger partial charge in [-0.3, -0.25) is 4.79 Å². The van der Waals surface area contributed by atoms with Gasteiger partial charge in [0.1, 0.15) is 23.1 Å². The van der Waals surface area contributed by atoms with Crippen molar-refractivity contribution in [1.29, 1.82) is 5.26 Å². The molecule has 11 nitrogen and oxygen atoms in total. The molecule has 14 heteroatoms. The van der Waals surface area contributed by atoms with Gasteiger partial charge in [-0.1, -0.05) is 5.24 Å². The van der Waals surface area contributed by atoms with E-state index in [2.05, 4.69) is 30.2 Å². The Morgan fingerprint density at radius 2 is 1.87 bits per heavy atom. The number of ether oxygens (including phenoxy) is 1. The smallest absolute Gasteiger partial charge is 0.255 e. The Bertz CT molecular complexity index is 1570. The Kier molecular flexibility index (Phi) is 7.01. The van der Waals surface area contributed by atoms with Crippen molar-refractivity contribution in [3.63, 3.8) is 0 Å². The molecule has 0 unspecified atom stereocenters. The molecule has 5 rings (SSSR count). The first-order valence-corrected chi connectivity index (χ1v) is 12.1. The third-order valence-electron chi connectivity index (χ3n) is 6.35. The molecule has 4 aromatic heterocycles. The molecule has 0 aliphatic carbocycles. The van der Waals surface area contributed by atoms with E-state index in [0.717, 1.165) is 13.1 Å². The molecule has 5 heterocycles. The largest absolute Gasteiger partial charge is 0.437 e. The van der Waals surface area contributed by atoms with E-state index in [1.54, 1.807) is 31.2 Å². The number of amides is 1. The number of pyridine rings is 3. The predicted octanol–water partition coefficient (Wildman–Crippen LogP) is 1.40. The molecule has 0 bridgehead atoms. The number of nitrogens with zero attached hydrogens (tertiary/aromatic N) is 8. The summed E-state index contributed by atoms with van der Waals surface area (Å²) in [6, 6.07) is 8.67. The maximum absolute atomic E-state index is 12.9. The number of carbonyl (C=O) groups excluding carboxylic acids is 1. The molecule has 0 atom stereocenters. The molecular formula is C25H22B3N9O2. The van der Waals surface area contributed by atoms with Crippen LogP contribution in [-0.4, -0.2) is 97.0 Å². The molecule has 0 spiro atoms. The second-order valence-corrected chi connectivity index (χ2v) is 9.38.